The zero-order valence-corrected chi connectivity index (χ0v) is 34.3. The third-order valence-corrected chi connectivity index (χ3v) is 7.35. The van der Waals surface area contributed by atoms with Crippen LogP contribution in [0.25, 0.3) is 0 Å². The van der Waals surface area contributed by atoms with Gasteiger partial charge in [-0.05, 0) is 128 Å². The van der Waals surface area contributed by atoms with E-state index < -0.39 is 11.9 Å². The number of phenols is 2. The maximum Gasteiger partial charge on any atom is 0.343 e. The fourth-order valence-corrected chi connectivity index (χ4v) is 4.16. The normalized spacial score (nSPS) is 9.14. The first-order valence-electron chi connectivity index (χ1n) is 17.8. The molecule has 0 heterocycles. The number of carboxylic acids is 1. The Morgan fingerprint density at radius 2 is 0.932 bits per heavy atom. The fraction of sp³-hybridized carbons (Fsp3) is 0.191. The van der Waals surface area contributed by atoms with Crippen LogP contribution in [-0.2, 0) is 0 Å². The number of phenolic OH excluding ortho intramolecular Hbond substituents is 2. The van der Waals surface area contributed by atoms with Crippen molar-refractivity contribution in [1.82, 2.24) is 0 Å². The SMILES string of the molecule is C.C=CCCBr.C=CCCOc1ccc(O)cc1.C=CCCOc1ccc(OC(=O)c2ccc(OC)cc2)cc1.COc1ccc(C(=O)O)cc1.Oc1ccc([OH2+])cc1. The van der Waals surface area contributed by atoms with E-state index >= 15 is 0 Å². The highest BCUT2D eigenvalue weighted by atomic mass is 79.9. The number of benzene rings is 5. The lowest BCUT2D eigenvalue weighted by Gasteiger charge is -2.07. The quantitative estimate of drug-likeness (QED) is 0.0230. The number of allylic oxidation sites excluding steroid dienone is 1. The zero-order chi connectivity index (χ0) is 43.0. The second-order valence-corrected chi connectivity index (χ2v) is 12.1. The van der Waals surface area contributed by atoms with E-state index in [2.05, 4.69) is 35.7 Å². The molecule has 0 aliphatic heterocycles. The van der Waals surface area contributed by atoms with Gasteiger partial charge in [0.2, 0.25) is 0 Å². The van der Waals surface area contributed by atoms with Gasteiger partial charge in [0, 0.05) is 17.5 Å². The number of carboxylic acid groups (broad SMARTS) is 1. The maximum absolute atomic E-state index is 12.0. The Morgan fingerprint density at radius 3 is 1.27 bits per heavy atom. The van der Waals surface area contributed by atoms with Gasteiger partial charge in [-0.2, -0.15) is 0 Å². The minimum absolute atomic E-state index is 0. The summed E-state index contributed by atoms with van der Waals surface area (Å²) in [6.07, 6.45) is 8.18. The molecule has 316 valence electrons. The molecular formula is C47H56BrO11+. The molecule has 5 N–H and O–H groups in total. The molecule has 5 rings (SSSR count). The highest BCUT2D eigenvalue weighted by Crippen LogP contribution is 2.20. The highest BCUT2D eigenvalue weighted by Gasteiger charge is 2.09. The van der Waals surface area contributed by atoms with Crippen molar-refractivity contribution < 1.29 is 53.7 Å². The predicted octanol–water partition coefficient (Wildman–Crippen LogP) is 11.0. The second-order valence-electron chi connectivity index (χ2n) is 11.3. The van der Waals surface area contributed by atoms with E-state index in [9.17, 15) is 9.59 Å². The van der Waals surface area contributed by atoms with Gasteiger partial charge < -0.3 is 44.1 Å². The van der Waals surface area contributed by atoms with E-state index in [1.54, 1.807) is 104 Å². The lowest BCUT2D eigenvalue weighted by atomic mass is 10.2. The second kappa shape index (κ2) is 32.4. The summed E-state index contributed by atoms with van der Waals surface area (Å²) in [4.78, 5) is 22.4. The Bertz CT molecular complexity index is 1860. The molecule has 0 fully saturated rings. The predicted molar refractivity (Wildman–Crippen MR) is 240 cm³/mol. The minimum atomic E-state index is -0.923. The van der Waals surface area contributed by atoms with Crippen molar-refractivity contribution in [2.75, 3.05) is 32.8 Å². The third kappa shape index (κ3) is 24.6. The number of alkyl halides is 1. The molecule has 0 saturated heterocycles. The van der Waals surface area contributed by atoms with Crippen molar-refractivity contribution in [1.29, 1.82) is 0 Å². The van der Waals surface area contributed by atoms with Crippen LogP contribution in [0.4, 0.5) is 0 Å². The van der Waals surface area contributed by atoms with Crippen LogP contribution >= 0.6 is 15.9 Å². The largest absolute Gasteiger partial charge is 0.593 e. The minimum Gasteiger partial charge on any atom is -0.593 e. The summed E-state index contributed by atoms with van der Waals surface area (Å²) in [5, 5.41) is 34.2. The van der Waals surface area contributed by atoms with Gasteiger partial charge in [0.05, 0.1) is 38.6 Å². The summed E-state index contributed by atoms with van der Waals surface area (Å²) in [7, 11) is 3.11. The summed E-state index contributed by atoms with van der Waals surface area (Å²) in [6.45, 7) is 12.0. The van der Waals surface area contributed by atoms with Gasteiger partial charge >= 0.3 is 11.9 Å². The summed E-state index contributed by atoms with van der Waals surface area (Å²) >= 11 is 3.24. The molecule has 0 aliphatic carbocycles. The number of hydrogen-bond acceptors (Lipinski definition) is 9. The molecule has 0 atom stereocenters. The first-order chi connectivity index (χ1) is 28.0. The van der Waals surface area contributed by atoms with Gasteiger partial charge in [-0.25, -0.2) is 9.59 Å². The lowest BCUT2D eigenvalue weighted by molar-refractivity contribution is 0.0694. The van der Waals surface area contributed by atoms with E-state index in [4.69, 9.17) is 44.1 Å². The van der Waals surface area contributed by atoms with Crippen LogP contribution in [0.15, 0.2) is 159 Å². The molecule has 0 unspecified atom stereocenters. The van der Waals surface area contributed by atoms with E-state index in [0.717, 1.165) is 36.1 Å². The van der Waals surface area contributed by atoms with E-state index in [-0.39, 0.29) is 24.5 Å². The van der Waals surface area contributed by atoms with Gasteiger partial charge in [0.25, 0.3) is 5.75 Å². The van der Waals surface area contributed by atoms with Crippen molar-refractivity contribution in [3.8, 4) is 46.0 Å². The Balaban J connectivity index is 0.000000775. The number of aromatic carboxylic acids is 1. The van der Waals surface area contributed by atoms with Gasteiger partial charge in [-0.1, -0.05) is 41.6 Å². The van der Waals surface area contributed by atoms with Crippen molar-refractivity contribution in [2.24, 2.45) is 0 Å². The van der Waals surface area contributed by atoms with Crippen LogP contribution in [0.2, 0.25) is 0 Å². The van der Waals surface area contributed by atoms with Crippen molar-refractivity contribution >= 4 is 27.9 Å². The van der Waals surface area contributed by atoms with E-state index in [1.807, 2.05) is 6.08 Å². The number of carbonyl (C=O) groups is 2. The molecule has 0 radical (unpaired) electrons. The molecule has 0 spiro atoms. The van der Waals surface area contributed by atoms with Crippen LogP contribution in [0.1, 0.15) is 47.4 Å². The monoisotopic (exact) mass is 875 g/mol. The summed E-state index contributed by atoms with van der Waals surface area (Å²) in [5.74, 6) is 2.87. The van der Waals surface area contributed by atoms with Crippen molar-refractivity contribution in [3.05, 3.63) is 170 Å². The third-order valence-electron chi connectivity index (χ3n) is 6.90. The van der Waals surface area contributed by atoms with Crippen LogP contribution < -0.4 is 23.7 Å². The average molecular weight is 877 g/mol. The van der Waals surface area contributed by atoms with Gasteiger partial charge in [-0.15, -0.1) is 19.7 Å². The molecule has 0 aromatic heterocycles. The van der Waals surface area contributed by atoms with Gasteiger partial charge in [-0.3, -0.25) is 0 Å². The number of halogens is 1. The summed E-state index contributed by atoms with van der Waals surface area (Å²) in [5.41, 5.74) is 0.734. The Labute approximate surface area is 356 Å². The van der Waals surface area contributed by atoms with Crippen LogP contribution in [0.3, 0.4) is 0 Å². The van der Waals surface area contributed by atoms with Crippen LogP contribution in [-0.4, -0.2) is 65.1 Å². The number of ether oxygens (including phenoxy) is 5. The van der Waals surface area contributed by atoms with E-state index in [1.165, 1.54) is 43.5 Å². The molecule has 0 aliphatic rings. The van der Waals surface area contributed by atoms with Gasteiger partial charge in [0.15, 0.2) is 0 Å². The average Bonchev–Trinajstić information content (AvgIpc) is 3.24. The first kappa shape index (κ1) is 52.3. The van der Waals surface area contributed by atoms with E-state index in [0.29, 0.717) is 41.8 Å². The highest BCUT2D eigenvalue weighted by molar-refractivity contribution is 9.09. The molecule has 59 heavy (non-hydrogen) atoms. The molecule has 0 saturated carbocycles. The first-order valence-corrected chi connectivity index (χ1v) is 18.9. The number of aromatic hydroxyl groups is 2. The Kier molecular flexibility index (Phi) is 28.8. The molecular weight excluding hydrogens is 820 g/mol. The van der Waals surface area contributed by atoms with Crippen molar-refractivity contribution in [2.45, 2.75) is 26.7 Å². The Hall–Kier alpha value is -6.66. The molecule has 12 heteroatoms. The Morgan fingerprint density at radius 1 is 0.576 bits per heavy atom. The maximum atomic E-state index is 12.0. The molecule has 0 bridgehead atoms. The number of rotatable bonds is 15. The topological polar surface area (TPSA) is 164 Å². The van der Waals surface area contributed by atoms with Crippen molar-refractivity contribution in [3.63, 3.8) is 0 Å². The van der Waals surface area contributed by atoms with Crippen LogP contribution in [0.5, 0.6) is 46.0 Å². The summed E-state index contributed by atoms with van der Waals surface area (Å²) in [6, 6.07) is 32.6. The lowest BCUT2D eigenvalue weighted by Crippen LogP contribution is -2.08. The number of methoxy groups -OCH3 is 2. The van der Waals surface area contributed by atoms with Gasteiger partial charge in [0.1, 0.15) is 40.2 Å². The smallest absolute Gasteiger partial charge is 0.343 e. The molecule has 5 aromatic carbocycles. The zero-order valence-electron chi connectivity index (χ0n) is 32.7. The number of carbonyl (C=O) groups excluding carboxylic acids is 1. The van der Waals surface area contributed by atoms with Crippen LogP contribution in [0, 0.1) is 0 Å². The summed E-state index contributed by atoms with van der Waals surface area (Å²) < 4.78 is 26.0. The molecule has 5 aromatic rings. The molecule has 0 amide bonds. The standard InChI is InChI=1S/C18H18O4.C10H12O2.C8H8O3.C6H6O2.C4H7Br.CH4/c1-3-4-13-21-16-9-11-17(12-10-16)22-18(19)14-5-7-15(20-2)8-6-14;1-2-3-8-12-10-6-4-9(11)5-7-10;1-11-7-4-2-6(3-5-7)8(9)10;7-5-1-2-6(8)4-3-5;1-2-3-4-5;/h3,5-12H,1,4,13H2,2H3;2,4-7,11H,1,3,8H2;2-5H,1H3,(H,9,10);1-4,7-8H;2H,1,3-4H2;1H4/p+1. The number of hydrogen-bond donors (Lipinski definition) is 3. The molecule has 11 nitrogen and oxygen atoms in total. The number of esters is 1. The fourth-order valence-electron chi connectivity index (χ4n) is 3.83.